The highest BCUT2D eigenvalue weighted by Gasteiger charge is 2.27. The van der Waals surface area contributed by atoms with Gasteiger partial charge in [-0.1, -0.05) is 12.1 Å². The molecule has 1 aromatic carbocycles. The summed E-state index contributed by atoms with van der Waals surface area (Å²) in [7, 11) is 0. The largest absolute Gasteiger partial charge is 0.488 e. The van der Waals surface area contributed by atoms with Crippen molar-refractivity contribution >= 4 is 0 Å². The van der Waals surface area contributed by atoms with E-state index in [1.165, 1.54) is 17.5 Å². The molecule has 1 fully saturated rings. The van der Waals surface area contributed by atoms with Gasteiger partial charge < -0.3 is 10.1 Å². The minimum atomic E-state index is -0.000447. The van der Waals surface area contributed by atoms with Crippen LogP contribution >= 0.6 is 0 Å². The molecule has 1 unspecified atom stereocenters. The van der Waals surface area contributed by atoms with Gasteiger partial charge in [-0.25, -0.2) is 0 Å². The van der Waals surface area contributed by atoms with Gasteiger partial charge in [0, 0.05) is 6.54 Å². The van der Waals surface area contributed by atoms with E-state index in [0.29, 0.717) is 5.92 Å². The number of hydrogen-bond donors (Lipinski definition) is 1. The van der Waals surface area contributed by atoms with Gasteiger partial charge in [0.2, 0.25) is 0 Å². The highest BCUT2D eigenvalue weighted by Crippen LogP contribution is 2.35. The van der Waals surface area contributed by atoms with E-state index < -0.39 is 0 Å². The number of benzene rings is 1. The van der Waals surface area contributed by atoms with Crippen molar-refractivity contribution in [1.82, 2.24) is 5.32 Å². The number of fused-ring (bicyclic) bond motifs is 1. The van der Waals surface area contributed by atoms with Gasteiger partial charge in [-0.2, -0.15) is 0 Å². The molecule has 0 saturated carbocycles. The molecule has 0 spiro atoms. The molecule has 0 amide bonds. The number of aryl methyl sites for hydroxylation is 1. The molecule has 1 saturated heterocycles. The number of hydrogen-bond acceptors (Lipinski definition) is 2. The second-order valence-electron chi connectivity index (χ2n) is 5.92. The van der Waals surface area contributed by atoms with E-state index in [0.717, 1.165) is 31.7 Å². The molecular weight excluding hydrogens is 210 g/mol. The molecule has 92 valence electrons. The van der Waals surface area contributed by atoms with Crippen molar-refractivity contribution in [3.05, 3.63) is 29.3 Å². The molecule has 3 rings (SSSR count). The van der Waals surface area contributed by atoms with Crippen LogP contribution in [0.1, 0.15) is 43.7 Å². The quantitative estimate of drug-likeness (QED) is 0.802. The lowest BCUT2D eigenvalue weighted by molar-refractivity contribution is 0.0845. The molecule has 1 N–H and O–H groups in total. The third-order valence-corrected chi connectivity index (χ3v) is 4.01. The molecule has 2 aliphatic rings. The number of rotatable bonds is 1. The van der Waals surface area contributed by atoms with Crippen LogP contribution in [0.15, 0.2) is 18.2 Å². The zero-order valence-corrected chi connectivity index (χ0v) is 10.8. The summed E-state index contributed by atoms with van der Waals surface area (Å²) < 4.78 is 6.10. The summed E-state index contributed by atoms with van der Waals surface area (Å²) in [5.41, 5.74) is 2.81. The van der Waals surface area contributed by atoms with Gasteiger partial charge in [-0.3, -0.25) is 0 Å². The fourth-order valence-electron chi connectivity index (χ4n) is 2.85. The Hall–Kier alpha value is -1.02. The second kappa shape index (κ2) is 4.02. The fourth-order valence-corrected chi connectivity index (χ4v) is 2.85. The summed E-state index contributed by atoms with van der Waals surface area (Å²) in [4.78, 5) is 0. The summed E-state index contributed by atoms with van der Waals surface area (Å²) in [5, 5.41) is 3.43. The monoisotopic (exact) mass is 231 g/mol. The van der Waals surface area contributed by atoms with Crippen LogP contribution in [0.4, 0.5) is 0 Å². The smallest absolute Gasteiger partial charge is 0.123 e. The predicted molar refractivity (Wildman–Crippen MR) is 69.7 cm³/mol. The Balaban J connectivity index is 1.89. The minimum absolute atomic E-state index is 0.000447. The first-order valence-electron chi connectivity index (χ1n) is 6.67. The maximum absolute atomic E-state index is 6.10. The molecular formula is C15H21NO. The van der Waals surface area contributed by atoms with Crippen molar-refractivity contribution in [3.63, 3.8) is 0 Å². The van der Waals surface area contributed by atoms with Gasteiger partial charge in [0.05, 0.1) is 0 Å². The van der Waals surface area contributed by atoms with Crippen LogP contribution in [0.5, 0.6) is 5.75 Å². The van der Waals surface area contributed by atoms with E-state index >= 15 is 0 Å². The highest BCUT2D eigenvalue weighted by atomic mass is 16.5. The Labute approximate surface area is 103 Å². The molecule has 2 heterocycles. The summed E-state index contributed by atoms with van der Waals surface area (Å²) >= 11 is 0. The highest BCUT2D eigenvalue weighted by molar-refractivity contribution is 5.41. The van der Waals surface area contributed by atoms with E-state index in [2.05, 4.69) is 37.4 Å². The van der Waals surface area contributed by atoms with Crippen LogP contribution in [0.25, 0.3) is 0 Å². The van der Waals surface area contributed by atoms with E-state index in [9.17, 15) is 0 Å². The molecule has 17 heavy (non-hydrogen) atoms. The van der Waals surface area contributed by atoms with E-state index in [-0.39, 0.29) is 5.60 Å². The lowest BCUT2D eigenvalue weighted by Gasteiger charge is -2.33. The van der Waals surface area contributed by atoms with Gasteiger partial charge in [-0.05, 0) is 62.8 Å². The van der Waals surface area contributed by atoms with Crippen molar-refractivity contribution in [2.24, 2.45) is 0 Å². The Morgan fingerprint density at radius 1 is 1.35 bits per heavy atom. The summed E-state index contributed by atoms with van der Waals surface area (Å²) in [5.74, 6) is 1.79. The van der Waals surface area contributed by atoms with Crippen molar-refractivity contribution in [2.45, 2.75) is 44.6 Å². The first-order chi connectivity index (χ1) is 8.14. The molecule has 1 atom stereocenters. The van der Waals surface area contributed by atoms with Crippen LogP contribution in [-0.4, -0.2) is 18.7 Å². The lowest BCUT2D eigenvalue weighted by Crippen LogP contribution is -2.32. The summed E-state index contributed by atoms with van der Waals surface area (Å²) in [6.45, 7) is 6.62. The third-order valence-electron chi connectivity index (χ3n) is 4.01. The van der Waals surface area contributed by atoms with Crippen LogP contribution < -0.4 is 10.1 Å². The molecule has 1 aromatic rings. The van der Waals surface area contributed by atoms with Gasteiger partial charge in [0.1, 0.15) is 11.4 Å². The van der Waals surface area contributed by atoms with Gasteiger partial charge in [-0.15, -0.1) is 0 Å². The summed E-state index contributed by atoms with van der Waals surface area (Å²) in [6.07, 6.45) is 3.51. The molecule has 0 aliphatic carbocycles. The van der Waals surface area contributed by atoms with Crippen molar-refractivity contribution in [2.75, 3.05) is 13.1 Å². The molecule has 0 radical (unpaired) electrons. The van der Waals surface area contributed by atoms with Gasteiger partial charge >= 0.3 is 0 Å². The predicted octanol–water partition coefficient (Wildman–Crippen LogP) is 2.87. The molecule has 2 aliphatic heterocycles. The Morgan fingerprint density at radius 2 is 2.24 bits per heavy atom. The maximum Gasteiger partial charge on any atom is 0.123 e. The normalized spacial score (nSPS) is 26.4. The maximum atomic E-state index is 6.10. The SMILES string of the molecule is CC1(C)CCc2ccc(C3CCNC3)cc2O1. The van der Waals surface area contributed by atoms with Crippen molar-refractivity contribution in [1.29, 1.82) is 0 Å². The lowest BCUT2D eigenvalue weighted by atomic mass is 9.91. The second-order valence-corrected chi connectivity index (χ2v) is 5.92. The first kappa shape index (κ1) is 11.1. The van der Waals surface area contributed by atoms with Crippen LogP contribution in [0, 0.1) is 0 Å². The zero-order chi connectivity index (χ0) is 11.9. The Kier molecular flexibility index (Phi) is 2.62. The average molecular weight is 231 g/mol. The number of ether oxygens (including phenoxy) is 1. The van der Waals surface area contributed by atoms with Crippen LogP contribution in [0.3, 0.4) is 0 Å². The fraction of sp³-hybridized carbons (Fsp3) is 0.600. The van der Waals surface area contributed by atoms with Crippen molar-refractivity contribution in [3.8, 4) is 5.75 Å². The van der Waals surface area contributed by atoms with Crippen LogP contribution in [0.2, 0.25) is 0 Å². The molecule has 0 bridgehead atoms. The topological polar surface area (TPSA) is 21.3 Å². The Morgan fingerprint density at radius 3 is 3.00 bits per heavy atom. The van der Waals surface area contributed by atoms with E-state index in [1.807, 2.05) is 0 Å². The van der Waals surface area contributed by atoms with Crippen molar-refractivity contribution < 1.29 is 4.74 Å². The molecule has 0 aromatic heterocycles. The molecule has 2 nitrogen and oxygen atoms in total. The van der Waals surface area contributed by atoms with Gasteiger partial charge in [0.15, 0.2) is 0 Å². The van der Waals surface area contributed by atoms with Crippen LogP contribution in [-0.2, 0) is 6.42 Å². The first-order valence-corrected chi connectivity index (χ1v) is 6.67. The zero-order valence-electron chi connectivity index (χ0n) is 10.8. The summed E-state index contributed by atoms with van der Waals surface area (Å²) in [6, 6.07) is 6.82. The van der Waals surface area contributed by atoms with Gasteiger partial charge in [0.25, 0.3) is 0 Å². The third kappa shape index (κ3) is 2.19. The van der Waals surface area contributed by atoms with E-state index in [4.69, 9.17) is 4.74 Å². The van der Waals surface area contributed by atoms with E-state index in [1.54, 1.807) is 0 Å². The average Bonchev–Trinajstić information content (AvgIpc) is 2.80. The standard InChI is InChI=1S/C15H21NO/c1-15(2)7-5-11-3-4-12(9-14(11)17-15)13-6-8-16-10-13/h3-4,9,13,16H,5-8,10H2,1-2H3. The number of nitrogens with one attached hydrogen (secondary N) is 1. The Bertz CT molecular complexity index is 419. The minimum Gasteiger partial charge on any atom is -0.488 e. The molecule has 2 heteroatoms.